The highest BCUT2D eigenvalue weighted by Crippen LogP contribution is 2.05. The van der Waals surface area contributed by atoms with Crippen molar-refractivity contribution in [3.63, 3.8) is 0 Å². The second-order valence-corrected chi connectivity index (χ2v) is 2.88. The molecule has 16 heavy (non-hydrogen) atoms. The molecule has 1 heterocycles. The molecule has 0 radical (unpaired) electrons. The average Bonchev–Trinajstić information content (AvgIpc) is 2.33. The predicted octanol–water partition coefficient (Wildman–Crippen LogP) is 0.384. The molecule has 0 spiro atoms. The third kappa shape index (κ3) is 2.30. The number of H-pyrrole nitrogens is 1. The molecule has 2 aromatic rings. The van der Waals surface area contributed by atoms with Crippen LogP contribution in [-0.2, 0) is 0 Å². The van der Waals surface area contributed by atoms with Gasteiger partial charge >= 0.3 is 11.7 Å². The van der Waals surface area contributed by atoms with Gasteiger partial charge in [-0.05, 0) is 12.1 Å². The molecule has 0 saturated heterocycles. The summed E-state index contributed by atoms with van der Waals surface area (Å²) >= 11 is 0. The van der Waals surface area contributed by atoms with Crippen LogP contribution >= 0.6 is 0 Å². The second-order valence-electron chi connectivity index (χ2n) is 2.88. The van der Waals surface area contributed by atoms with Crippen LogP contribution in [0.4, 0.5) is 0 Å². The number of carbonyl (C=O) groups excluding carboxylic acids is 1. The topological polar surface area (TPSA) is 84.9 Å². The number of nitrogens with zero attached hydrogens (tertiary/aromatic N) is 2. The summed E-state index contributed by atoms with van der Waals surface area (Å²) in [6.45, 7) is 0. The summed E-state index contributed by atoms with van der Waals surface area (Å²) in [7, 11) is 0. The predicted molar refractivity (Wildman–Crippen MR) is 54.1 cm³/mol. The fourth-order valence-corrected chi connectivity index (χ4v) is 1.05. The Balaban J connectivity index is 2.14. The fourth-order valence-electron chi connectivity index (χ4n) is 1.05. The summed E-state index contributed by atoms with van der Waals surface area (Å²) in [5.74, 6) is -0.601. The van der Waals surface area contributed by atoms with E-state index < -0.39 is 11.7 Å². The second kappa shape index (κ2) is 4.35. The van der Waals surface area contributed by atoms with Crippen molar-refractivity contribution < 1.29 is 9.53 Å². The third-order valence-corrected chi connectivity index (χ3v) is 1.76. The zero-order valence-electron chi connectivity index (χ0n) is 8.08. The first-order valence-electron chi connectivity index (χ1n) is 4.44. The van der Waals surface area contributed by atoms with Gasteiger partial charge in [0.1, 0.15) is 0 Å². The minimum atomic E-state index is -0.598. The minimum Gasteiger partial charge on any atom is -0.401 e. The van der Waals surface area contributed by atoms with Crippen molar-refractivity contribution in [2.24, 2.45) is 0 Å². The molecule has 1 aromatic heterocycles. The van der Waals surface area contributed by atoms with E-state index in [1.807, 2.05) is 0 Å². The van der Waals surface area contributed by atoms with Crippen LogP contribution in [0.5, 0.6) is 5.88 Å². The van der Waals surface area contributed by atoms with E-state index in [0.717, 1.165) is 6.20 Å². The molecular formula is C10H7N3O3. The average molecular weight is 217 g/mol. The molecule has 0 aliphatic carbocycles. The molecule has 0 aliphatic rings. The van der Waals surface area contributed by atoms with Gasteiger partial charge in [0.25, 0.3) is 5.88 Å². The van der Waals surface area contributed by atoms with Gasteiger partial charge < -0.3 is 4.74 Å². The molecule has 0 bridgehead atoms. The van der Waals surface area contributed by atoms with E-state index >= 15 is 0 Å². The summed E-state index contributed by atoms with van der Waals surface area (Å²) in [5, 5.41) is 5.56. The maximum atomic E-state index is 11.5. The van der Waals surface area contributed by atoms with Crippen molar-refractivity contribution in [1.82, 2.24) is 15.2 Å². The van der Waals surface area contributed by atoms with Gasteiger partial charge in [-0.25, -0.2) is 14.7 Å². The van der Waals surface area contributed by atoms with E-state index in [9.17, 15) is 9.59 Å². The van der Waals surface area contributed by atoms with Gasteiger partial charge in [-0.15, -0.1) is 5.10 Å². The van der Waals surface area contributed by atoms with Crippen LogP contribution < -0.4 is 10.4 Å². The summed E-state index contributed by atoms with van der Waals surface area (Å²) in [6, 6.07) is 8.45. The van der Waals surface area contributed by atoms with Crippen molar-refractivity contribution in [2.75, 3.05) is 0 Å². The summed E-state index contributed by atoms with van der Waals surface area (Å²) in [6.07, 6.45) is 1.08. The molecule has 0 saturated carbocycles. The number of ether oxygens (including phenoxy) is 1. The Bertz CT molecular complexity index is 530. The fraction of sp³-hybridized carbons (Fsp3) is 0. The number of nitrogens with one attached hydrogen (secondary N) is 1. The van der Waals surface area contributed by atoms with Gasteiger partial charge in [-0.2, -0.15) is 4.98 Å². The van der Waals surface area contributed by atoms with E-state index in [2.05, 4.69) is 15.2 Å². The van der Waals surface area contributed by atoms with Crippen molar-refractivity contribution in [3.05, 3.63) is 52.6 Å². The number of aromatic amines is 1. The number of hydrogen-bond donors (Lipinski definition) is 1. The molecule has 0 unspecified atom stereocenters. The van der Waals surface area contributed by atoms with E-state index in [0.29, 0.717) is 5.56 Å². The molecule has 0 atom stereocenters. The highest BCUT2D eigenvalue weighted by Gasteiger charge is 2.08. The van der Waals surface area contributed by atoms with E-state index in [1.54, 1.807) is 30.3 Å². The molecule has 0 amide bonds. The number of carbonyl (C=O) groups is 1. The number of benzene rings is 1. The van der Waals surface area contributed by atoms with Crippen LogP contribution in [0.2, 0.25) is 0 Å². The van der Waals surface area contributed by atoms with Crippen LogP contribution in [0.25, 0.3) is 0 Å². The monoisotopic (exact) mass is 217 g/mol. The normalized spacial score (nSPS) is 9.75. The van der Waals surface area contributed by atoms with Gasteiger partial charge in [0.15, 0.2) is 0 Å². The molecule has 1 aromatic carbocycles. The minimum absolute atomic E-state index is 0.0477. The molecule has 80 valence electrons. The van der Waals surface area contributed by atoms with Crippen LogP contribution in [0.3, 0.4) is 0 Å². The Morgan fingerprint density at radius 3 is 2.62 bits per heavy atom. The lowest BCUT2D eigenvalue weighted by atomic mass is 10.2. The molecule has 1 N–H and O–H groups in total. The SMILES string of the molecule is O=C(Oc1cnc(=O)[nH]n1)c1ccccc1. The highest BCUT2D eigenvalue weighted by molar-refractivity contribution is 5.90. The van der Waals surface area contributed by atoms with E-state index in [1.165, 1.54) is 0 Å². The van der Waals surface area contributed by atoms with Gasteiger partial charge in [-0.3, -0.25) is 0 Å². The smallest absolute Gasteiger partial charge is 0.361 e. The number of hydrogen-bond acceptors (Lipinski definition) is 5. The van der Waals surface area contributed by atoms with Crippen molar-refractivity contribution in [1.29, 1.82) is 0 Å². The summed E-state index contributed by atoms with van der Waals surface area (Å²) < 4.78 is 4.87. The molecule has 6 heteroatoms. The Morgan fingerprint density at radius 2 is 2.00 bits per heavy atom. The van der Waals surface area contributed by atoms with Crippen LogP contribution in [-0.4, -0.2) is 21.2 Å². The maximum absolute atomic E-state index is 11.5. The van der Waals surface area contributed by atoms with Gasteiger partial charge in [-0.1, -0.05) is 18.2 Å². The first kappa shape index (κ1) is 10.0. The Kier molecular flexibility index (Phi) is 2.73. The van der Waals surface area contributed by atoms with Crippen molar-refractivity contribution in [3.8, 4) is 5.88 Å². The zero-order valence-corrected chi connectivity index (χ0v) is 8.08. The molecule has 6 nitrogen and oxygen atoms in total. The standard InChI is InChI=1S/C10H7N3O3/c14-9(7-4-2-1-3-5-7)16-8-6-11-10(15)13-12-8/h1-6H,(H,11,13,15). The Morgan fingerprint density at radius 1 is 1.25 bits per heavy atom. The van der Waals surface area contributed by atoms with Gasteiger partial charge in [0, 0.05) is 0 Å². The first-order chi connectivity index (χ1) is 7.75. The highest BCUT2D eigenvalue weighted by atomic mass is 16.5. The first-order valence-corrected chi connectivity index (χ1v) is 4.44. The lowest BCUT2D eigenvalue weighted by Crippen LogP contribution is -2.15. The van der Waals surface area contributed by atoms with Crippen LogP contribution in [0.1, 0.15) is 10.4 Å². The number of aromatic nitrogens is 3. The zero-order chi connectivity index (χ0) is 11.4. The molecule has 0 fully saturated rings. The Hall–Kier alpha value is -2.50. The van der Waals surface area contributed by atoms with Crippen molar-refractivity contribution >= 4 is 5.97 Å². The third-order valence-electron chi connectivity index (χ3n) is 1.76. The van der Waals surface area contributed by atoms with Crippen molar-refractivity contribution in [2.45, 2.75) is 0 Å². The summed E-state index contributed by atoms with van der Waals surface area (Å²) in [5.41, 5.74) is -0.199. The van der Waals surface area contributed by atoms with E-state index in [-0.39, 0.29) is 5.88 Å². The van der Waals surface area contributed by atoms with Crippen LogP contribution in [0, 0.1) is 0 Å². The molecule has 0 aliphatic heterocycles. The largest absolute Gasteiger partial charge is 0.401 e. The number of esters is 1. The Labute approximate surface area is 89.9 Å². The summed E-state index contributed by atoms with van der Waals surface area (Å²) in [4.78, 5) is 25.5. The number of rotatable bonds is 2. The lowest BCUT2D eigenvalue weighted by Gasteiger charge is -2.00. The lowest BCUT2D eigenvalue weighted by molar-refractivity contribution is 0.0724. The van der Waals surface area contributed by atoms with Gasteiger partial charge in [0.05, 0.1) is 11.8 Å². The van der Waals surface area contributed by atoms with E-state index in [4.69, 9.17) is 4.74 Å². The van der Waals surface area contributed by atoms with Crippen LogP contribution in [0.15, 0.2) is 41.3 Å². The van der Waals surface area contributed by atoms with Gasteiger partial charge in [0.2, 0.25) is 0 Å². The quantitative estimate of drug-likeness (QED) is 0.735. The molecular weight excluding hydrogens is 210 g/mol. The molecule has 2 rings (SSSR count). The maximum Gasteiger partial charge on any atom is 0.361 e.